The summed E-state index contributed by atoms with van der Waals surface area (Å²) in [5.74, 6) is -0.382. The van der Waals surface area contributed by atoms with Gasteiger partial charge in [-0.25, -0.2) is 4.98 Å². The van der Waals surface area contributed by atoms with Crippen molar-refractivity contribution in [3.63, 3.8) is 0 Å². The van der Waals surface area contributed by atoms with Crippen LogP contribution in [0.1, 0.15) is 28.5 Å². The zero-order valence-corrected chi connectivity index (χ0v) is 17.3. The van der Waals surface area contributed by atoms with Gasteiger partial charge in [-0.1, -0.05) is 12.1 Å². The quantitative estimate of drug-likeness (QED) is 0.603. The van der Waals surface area contributed by atoms with Crippen LogP contribution < -0.4 is 10.3 Å². The Bertz CT molecular complexity index is 1240. The Hall–Kier alpha value is -3.69. The van der Waals surface area contributed by atoms with Crippen LogP contribution >= 0.6 is 0 Å². The van der Waals surface area contributed by atoms with E-state index in [4.69, 9.17) is 0 Å². The maximum atomic E-state index is 13.2. The molecular formula is C23H19F3N4O3. The molecule has 170 valence electrons. The molecule has 1 amide bonds. The van der Waals surface area contributed by atoms with Gasteiger partial charge in [-0.3, -0.25) is 14.6 Å². The van der Waals surface area contributed by atoms with Crippen LogP contribution in [-0.4, -0.2) is 44.8 Å². The molecule has 3 aromatic rings. The number of likely N-dealkylation sites (tertiary alicyclic amines) is 1. The lowest BCUT2D eigenvalue weighted by Gasteiger charge is -2.42. The Balaban J connectivity index is 1.40. The number of ether oxygens (including phenoxy) is 1. The fraction of sp³-hybridized carbons (Fsp3) is 0.304. The highest BCUT2D eigenvalue weighted by atomic mass is 19.4. The average molecular weight is 456 g/mol. The summed E-state index contributed by atoms with van der Waals surface area (Å²) < 4.78 is 42.8. The van der Waals surface area contributed by atoms with E-state index in [2.05, 4.69) is 14.7 Å². The van der Waals surface area contributed by atoms with E-state index in [0.29, 0.717) is 36.5 Å². The third-order valence-corrected chi connectivity index (χ3v) is 6.07. The van der Waals surface area contributed by atoms with Gasteiger partial charge in [-0.2, -0.15) is 0 Å². The zero-order chi connectivity index (χ0) is 23.2. The minimum atomic E-state index is -4.77. The molecular weight excluding hydrogens is 437 g/mol. The monoisotopic (exact) mass is 456 g/mol. The molecule has 5 rings (SSSR count). The molecule has 2 bridgehead atoms. The van der Waals surface area contributed by atoms with Crippen molar-refractivity contribution < 1.29 is 22.7 Å². The number of aromatic nitrogens is 3. The van der Waals surface area contributed by atoms with E-state index in [0.717, 1.165) is 12.1 Å². The summed E-state index contributed by atoms with van der Waals surface area (Å²) in [6.07, 6.45) is 0.553. The Morgan fingerprint density at radius 3 is 2.52 bits per heavy atom. The summed E-state index contributed by atoms with van der Waals surface area (Å²) in [5, 5.41) is 0. The van der Waals surface area contributed by atoms with Crippen LogP contribution in [0.4, 0.5) is 13.2 Å². The molecule has 0 unspecified atom stereocenters. The number of benzene rings is 1. The van der Waals surface area contributed by atoms with Gasteiger partial charge < -0.3 is 14.2 Å². The van der Waals surface area contributed by atoms with Crippen molar-refractivity contribution in [2.75, 3.05) is 13.1 Å². The van der Waals surface area contributed by atoms with Crippen molar-refractivity contribution in [2.24, 2.45) is 5.92 Å². The number of amides is 1. The SMILES string of the molecule is O=C(c1cnccn1)N1C[C@@H]2C[C@H](C1)c1ccc(-c3ccc(OC(F)(F)F)cc3)c(=O)n1C2. The minimum Gasteiger partial charge on any atom is -0.406 e. The predicted molar refractivity (Wildman–Crippen MR) is 112 cm³/mol. The van der Waals surface area contributed by atoms with Crippen LogP contribution in [0.25, 0.3) is 11.1 Å². The fourth-order valence-electron chi connectivity index (χ4n) is 4.74. The van der Waals surface area contributed by atoms with Crippen molar-refractivity contribution in [3.05, 3.63) is 76.7 Å². The number of hydrogen-bond donors (Lipinski definition) is 0. The summed E-state index contributed by atoms with van der Waals surface area (Å²) in [5.41, 5.74) is 1.88. The predicted octanol–water partition coefficient (Wildman–Crippen LogP) is 3.46. The maximum absolute atomic E-state index is 13.2. The van der Waals surface area contributed by atoms with Gasteiger partial charge in [-0.05, 0) is 42.2 Å². The number of fused-ring (bicyclic) bond motifs is 4. The molecule has 0 spiro atoms. The van der Waals surface area contributed by atoms with Crippen LogP contribution in [0, 0.1) is 5.92 Å². The van der Waals surface area contributed by atoms with E-state index in [1.807, 2.05) is 6.07 Å². The summed E-state index contributed by atoms with van der Waals surface area (Å²) in [6.45, 7) is 1.47. The van der Waals surface area contributed by atoms with Crippen molar-refractivity contribution in [1.29, 1.82) is 0 Å². The molecule has 7 nitrogen and oxygen atoms in total. The zero-order valence-electron chi connectivity index (χ0n) is 17.3. The third kappa shape index (κ3) is 4.20. The Morgan fingerprint density at radius 1 is 1.03 bits per heavy atom. The second-order valence-corrected chi connectivity index (χ2v) is 8.26. The number of carbonyl (C=O) groups excluding carboxylic acids is 1. The first-order valence-electron chi connectivity index (χ1n) is 10.4. The first kappa shape index (κ1) is 21.2. The smallest absolute Gasteiger partial charge is 0.406 e. The third-order valence-electron chi connectivity index (χ3n) is 6.07. The summed E-state index contributed by atoms with van der Waals surface area (Å²) in [4.78, 5) is 35.9. The molecule has 0 N–H and O–H groups in total. The van der Waals surface area contributed by atoms with Gasteiger partial charge in [0.2, 0.25) is 0 Å². The lowest BCUT2D eigenvalue weighted by molar-refractivity contribution is -0.274. The molecule has 1 aromatic carbocycles. The minimum absolute atomic E-state index is 0.0161. The molecule has 10 heteroatoms. The molecule has 2 aliphatic rings. The van der Waals surface area contributed by atoms with E-state index in [1.165, 1.54) is 42.9 Å². The largest absolute Gasteiger partial charge is 0.573 e. The van der Waals surface area contributed by atoms with Gasteiger partial charge in [-0.15, -0.1) is 13.2 Å². The molecule has 4 heterocycles. The lowest BCUT2D eigenvalue weighted by atomic mass is 9.82. The molecule has 2 aliphatic heterocycles. The van der Waals surface area contributed by atoms with Crippen molar-refractivity contribution in [3.8, 4) is 16.9 Å². The van der Waals surface area contributed by atoms with Crippen LogP contribution in [0.3, 0.4) is 0 Å². The number of piperidine rings is 1. The average Bonchev–Trinajstić information content (AvgIpc) is 2.79. The van der Waals surface area contributed by atoms with Gasteiger partial charge in [0, 0.05) is 49.2 Å². The molecule has 0 radical (unpaired) electrons. The van der Waals surface area contributed by atoms with Crippen LogP contribution in [0.15, 0.2) is 59.8 Å². The van der Waals surface area contributed by atoms with E-state index >= 15 is 0 Å². The van der Waals surface area contributed by atoms with Gasteiger partial charge in [0.05, 0.1) is 6.20 Å². The standard InChI is InChI=1S/C23H19F3N4O3/c24-23(25,26)33-17-3-1-15(2-4-17)18-5-6-20-16-9-14(12-30(20)21(18)31)11-29(13-16)22(32)19-10-27-7-8-28-19/h1-8,10,14,16H,9,11-13H2/t14-,16+/m0/s1. The number of alkyl halides is 3. The number of rotatable bonds is 3. The topological polar surface area (TPSA) is 77.3 Å². The molecule has 1 saturated heterocycles. The first-order valence-corrected chi connectivity index (χ1v) is 10.4. The highest BCUT2D eigenvalue weighted by Crippen LogP contribution is 2.36. The highest BCUT2D eigenvalue weighted by Gasteiger charge is 2.37. The lowest BCUT2D eigenvalue weighted by Crippen LogP contribution is -2.49. The van der Waals surface area contributed by atoms with Crippen molar-refractivity contribution >= 4 is 5.91 Å². The van der Waals surface area contributed by atoms with Gasteiger partial charge in [0.1, 0.15) is 11.4 Å². The summed E-state index contributed by atoms with van der Waals surface area (Å²) >= 11 is 0. The first-order chi connectivity index (χ1) is 15.8. The number of carbonyl (C=O) groups is 1. The van der Waals surface area contributed by atoms with E-state index < -0.39 is 6.36 Å². The van der Waals surface area contributed by atoms with E-state index in [1.54, 1.807) is 15.5 Å². The number of nitrogens with zero attached hydrogens (tertiary/aromatic N) is 4. The number of pyridine rings is 1. The summed E-state index contributed by atoms with van der Waals surface area (Å²) in [7, 11) is 0. The molecule has 1 fully saturated rings. The Kier molecular flexibility index (Phi) is 5.15. The van der Waals surface area contributed by atoms with Crippen LogP contribution in [0.2, 0.25) is 0 Å². The van der Waals surface area contributed by atoms with Crippen molar-refractivity contribution in [2.45, 2.75) is 25.2 Å². The summed E-state index contributed by atoms with van der Waals surface area (Å²) in [6, 6.07) is 8.82. The van der Waals surface area contributed by atoms with E-state index in [-0.39, 0.29) is 29.1 Å². The number of halogens is 3. The van der Waals surface area contributed by atoms with E-state index in [9.17, 15) is 22.8 Å². The molecule has 33 heavy (non-hydrogen) atoms. The second kappa shape index (κ2) is 8.02. The second-order valence-electron chi connectivity index (χ2n) is 8.26. The van der Waals surface area contributed by atoms with Gasteiger partial charge >= 0.3 is 6.36 Å². The molecule has 2 atom stereocenters. The fourth-order valence-corrected chi connectivity index (χ4v) is 4.74. The number of hydrogen-bond acceptors (Lipinski definition) is 5. The molecule has 2 aromatic heterocycles. The maximum Gasteiger partial charge on any atom is 0.573 e. The Morgan fingerprint density at radius 2 is 1.82 bits per heavy atom. The highest BCUT2D eigenvalue weighted by molar-refractivity contribution is 5.92. The van der Waals surface area contributed by atoms with Gasteiger partial charge in [0.25, 0.3) is 11.5 Å². The Labute approximate surface area is 186 Å². The normalized spacial score (nSPS) is 19.7. The van der Waals surface area contributed by atoms with Gasteiger partial charge in [0.15, 0.2) is 0 Å². The van der Waals surface area contributed by atoms with Crippen molar-refractivity contribution in [1.82, 2.24) is 19.4 Å². The molecule has 0 saturated carbocycles. The molecule has 0 aliphatic carbocycles. The van der Waals surface area contributed by atoms with Crippen LogP contribution in [-0.2, 0) is 6.54 Å². The van der Waals surface area contributed by atoms with Crippen LogP contribution in [0.5, 0.6) is 5.75 Å².